The Hall–Kier alpha value is -1.84. The van der Waals surface area contributed by atoms with E-state index in [-0.39, 0.29) is 11.8 Å². The van der Waals surface area contributed by atoms with Crippen molar-refractivity contribution in [1.82, 2.24) is 10.2 Å². The predicted octanol–water partition coefficient (Wildman–Crippen LogP) is 2.98. The SMILES string of the molecule is Cc1ccc(CCN2C(=O)CC[C@@]2(C)C(=O)NC2CCCC2)cc1. The summed E-state index contributed by atoms with van der Waals surface area (Å²) in [5, 5.41) is 3.18. The van der Waals surface area contributed by atoms with Gasteiger partial charge in [0.25, 0.3) is 0 Å². The number of benzene rings is 1. The van der Waals surface area contributed by atoms with Gasteiger partial charge in [-0.3, -0.25) is 9.59 Å². The second-order valence-electron chi connectivity index (χ2n) is 7.51. The number of nitrogens with one attached hydrogen (secondary N) is 1. The Balaban J connectivity index is 1.65. The van der Waals surface area contributed by atoms with Crippen LogP contribution in [0.5, 0.6) is 0 Å². The van der Waals surface area contributed by atoms with E-state index in [2.05, 4.69) is 36.5 Å². The third-order valence-electron chi connectivity index (χ3n) is 5.65. The number of likely N-dealkylation sites (tertiary alicyclic amines) is 1. The quantitative estimate of drug-likeness (QED) is 0.903. The highest BCUT2D eigenvalue weighted by atomic mass is 16.2. The van der Waals surface area contributed by atoms with E-state index < -0.39 is 5.54 Å². The smallest absolute Gasteiger partial charge is 0.245 e. The first-order valence-corrected chi connectivity index (χ1v) is 9.16. The van der Waals surface area contributed by atoms with Crippen molar-refractivity contribution in [2.45, 2.75) is 70.4 Å². The molecule has 2 fully saturated rings. The van der Waals surface area contributed by atoms with Crippen LogP contribution >= 0.6 is 0 Å². The number of nitrogens with zero attached hydrogens (tertiary/aromatic N) is 1. The summed E-state index contributed by atoms with van der Waals surface area (Å²) in [6.45, 7) is 4.60. The fourth-order valence-electron chi connectivity index (χ4n) is 3.91. The molecule has 0 spiro atoms. The standard InChI is InChI=1S/C20H28N2O2/c1-15-7-9-16(10-8-15)12-14-22-18(23)11-13-20(22,2)19(24)21-17-5-3-4-6-17/h7-10,17H,3-6,11-14H2,1-2H3,(H,21,24)/t20-/m0/s1. The van der Waals surface area contributed by atoms with E-state index in [0.717, 1.165) is 19.3 Å². The van der Waals surface area contributed by atoms with E-state index in [0.29, 0.717) is 25.4 Å². The van der Waals surface area contributed by atoms with E-state index >= 15 is 0 Å². The van der Waals surface area contributed by atoms with Gasteiger partial charge >= 0.3 is 0 Å². The molecule has 1 aliphatic heterocycles. The van der Waals surface area contributed by atoms with E-state index in [1.165, 1.54) is 24.0 Å². The third-order valence-corrected chi connectivity index (χ3v) is 5.65. The molecule has 1 saturated heterocycles. The van der Waals surface area contributed by atoms with E-state index in [9.17, 15) is 9.59 Å². The number of carbonyl (C=O) groups excluding carboxylic acids is 2. The molecular weight excluding hydrogens is 300 g/mol. The molecule has 0 bridgehead atoms. The van der Waals surface area contributed by atoms with Crippen molar-refractivity contribution in [3.05, 3.63) is 35.4 Å². The Labute approximate surface area is 144 Å². The Morgan fingerprint density at radius 1 is 1.25 bits per heavy atom. The molecule has 2 amide bonds. The number of rotatable bonds is 5. The molecule has 3 rings (SSSR count). The number of carbonyl (C=O) groups is 2. The molecule has 4 nitrogen and oxygen atoms in total. The van der Waals surface area contributed by atoms with Gasteiger partial charge < -0.3 is 10.2 Å². The fourth-order valence-corrected chi connectivity index (χ4v) is 3.91. The summed E-state index contributed by atoms with van der Waals surface area (Å²) in [4.78, 5) is 27.0. The Morgan fingerprint density at radius 2 is 1.92 bits per heavy atom. The average Bonchev–Trinajstić information content (AvgIpc) is 3.17. The van der Waals surface area contributed by atoms with Crippen molar-refractivity contribution in [3.8, 4) is 0 Å². The highest BCUT2D eigenvalue weighted by Crippen LogP contribution is 2.31. The largest absolute Gasteiger partial charge is 0.351 e. The van der Waals surface area contributed by atoms with E-state index in [1.807, 2.05) is 6.92 Å². The van der Waals surface area contributed by atoms with E-state index in [1.54, 1.807) is 4.90 Å². The number of hydrogen-bond acceptors (Lipinski definition) is 2. The molecule has 0 aromatic heterocycles. The molecule has 1 aromatic carbocycles. The normalized spacial score (nSPS) is 24.6. The molecule has 0 unspecified atom stereocenters. The first-order valence-electron chi connectivity index (χ1n) is 9.16. The summed E-state index contributed by atoms with van der Waals surface area (Å²) < 4.78 is 0. The predicted molar refractivity (Wildman–Crippen MR) is 94.6 cm³/mol. The highest BCUT2D eigenvalue weighted by molar-refractivity contribution is 5.94. The molecule has 130 valence electrons. The Kier molecular flexibility index (Phi) is 4.93. The van der Waals surface area contributed by atoms with E-state index in [4.69, 9.17) is 0 Å². The van der Waals surface area contributed by atoms with Gasteiger partial charge in [-0.2, -0.15) is 0 Å². The van der Waals surface area contributed by atoms with Crippen LogP contribution in [-0.4, -0.2) is 34.8 Å². The van der Waals surface area contributed by atoms with Gasteiger partial charge in [0.1, 0.15) is 5.54 Å². The second kappa shape index (κ2) is 6.96. The van der Waals surface area contributed by atoms with Crippen LogP contribution in [-0.2, 0) is 16.0 Å². The van der Waals surface area contributed by atoms with Crippen molar-refractivity contribution in [1.29, 1.82) is 0 Å². The summed E-state index contributed by atoms with van der Waals surface area (Å²) in [6.07, 6.45) is 6.41. The van der Waals surface area contributed by atoms with Crippen LogP contribution in [0.25, 0.3) is 0 Å². The molecule has 0 radical (unpaired) electrons. The first-order chi connectivity index (χ1) is 11.5. The van der Waals surface area contributed by atoms with Crippen LogP contribution in [0, 0.1) is 6.92 Å². The number of amides is 2. The van der Waals surface area contributed by atoms with Crippen molar-refractivity contribution in [2.75, 3.05) is 6.54 Å². The first kappa shape index (κ1) is 17.0. The zero-order valence-electron chi connectivity index (χ0n) is 14.8. The van der Waals surface area contributed by atoms with Crippen molar-refractivity contribution >= 4 is 11.8 Å². The minimum Gasteiger partial charge on any atom is -0.351 e. The molecule has 4 heteroatoms. The topological polar surface area (TPSA) is 49.4 Å². The maximum atomic E-state index is 12.8. The lowest BCUT2D eigenvalue weighted by molar-refractivity contribution is -0.140. The van der Waals surface area contributed by atoms with Crippen LogP contribution in [0.15, 0.2) is 24.3 Å². The van der Waals surface area contributed by atoms with Gasteiger partial charge in [-0.05, 0) is 45.1 Å². The van der Waals surface area contributed by atoms with Gasteiger partial charge in [-0.1, -0.05) is 42.7 Å². The maximum Gasteiger partial charge on any atom is 0.245 e. The summed E-state index contributed by atoms with van der Waals surface area (Å²) in [5.74, 6) is 0.135. The van der Waals surface area contributed by atoms with Crippen molar-refractivity contribution in [2.24, 2.45) is 0 Å². The van der Waals surface area contributed by atoms with Gasteiger partial charge in [0, 0.05) is 19.0 Å². The summed E-state index contributed by atoms with van der Waals surface area (Å²) >= 11 is 0. The molecule has 1 atom stereocenters. The van der Waals surface area contributed by atoms with Crippen LogP contribution in [0.3, 0.4) is 0 Å². The fraction of sp³-hybridized carbons (Fsp3) is 0.600. The maximum absolute atomic E-state index is 12.8. The van der Waals surface area contributed by atoms with Gasteiger partial charge in [-0.25, -0.2) is 0 Å². The summed E-state index contributed by atoms with van der Waals surface area (Å²) in [5.41, 5.74) is 1.75. The van der Waals surface area contributed by atoms with Crippen LogP contribution in [0.2, 0.25) is 0 Å². The van der Waals surface area contributed by atoms with Crippen LogP contribution in [0.4, 0.5) is 0 Å². The number of hydrogen-bond donors (Lipinski definition) is 1. The molecule has 1 saturated carbocycles. The highest BCUT2D eigenvalue weighted by Gasteiger charge is 2.47. The molecule has 1 aromatic rings. The molecule has 24 heavy (non-hydrogen) atoms. The molecule has 1 aliphatic carbocycles. The Bertz CT molecular complexity index is 605. The lowest BCUT2D eigenvalue weighted by Crippen LogP contribution is -2.56. The van der Waals surface area contributed by atoms with Crippen LogP contribution < -0.4 is 5.32 Å². The molecule has 1 N–H and O–H groups in total. The van der Waals surface area contributed by atoms with Gasteiger partial charge in [0.05, 0.1) is 0 Å². The summed E-state index contributed by atoms with van der Waals surface area (Å²) in [6, 6.07) is 8.68. The molecular formula is C20H28N2O2. The van der Waals surface area contributed by atoms with Gasteiger partial charge in [0.2, 0.25) is 11.8 Å². The monoisotopic (exact) mass is 328 g/mol. The van der Waals surface area contributed by atoms with Gasteiger partial charge in [0.15, 0.2) is 0 Å². The second-order valence-corrected chi connectivity index (χ2v) is 7.51. The van der Waals surface area contributed by atoms with Crippen molar-refractivity contribution in [3.63, 3.8) is 0 Å². The lowest BCUT2D eigenvalue weighted by Gasteiger charge is -2.35. The average molecular weight is 328 g/mol. The van der Waals surface area contributed by atoms with Crippen molar-refractivity contribution < 1.29 is 9.59 Å². The zero-order chi connectivity index (χ0) is 17.2. The molecule has 2 aliphatic rings. The minimum absolute atomic E-state index is 0.0316. The van der Waals surface area contributed by atoms with Crippen LogP contribution in [0.1, 0.15) is 56.6 Å². The lowest BCUT2D eigenvalue weighted by atomic mass is 9.96. The minimum atomic E-state index is -0.690. The molecule has 1 heterocycles. The Morgan fingerprint density at radius 3 is 2.58 bits per heavy atom. The van der Waals surface area contributed by atoms with Gasteiger partial charge in [-0.15, -0.1) is 0 Å². The summed E-state index contributed by atoms with van der Waals surface area (Å²) in [7, 11) is 0. The number of aryl methyl sites for hydroxylation is 1. The third kappa shape index (κ3) is 3.47. The zero-order valence-corrected chi connectivity index (χ0v) is 14.8.